The number of rotatable bonds is 2. The number of amides is 1. The first-order chi connectivity index (χ1) is 8.54. The maximum atomic E-state index is 12.5. The molecule has 18 heavy (non-hydrogen) atoms. The third kappa shape index (κ3) is 2.27. The van der Waals surface area contributed by atoms with Gasteiger partial charge < -0.3 is 10.6 Å². The number of hydrogen-bond acceptors (Lipinski definition) is 3. The summed E-state index contributed by atoms with van der Waals surface area (Å²) in [5, 5.41) is 4.14. The lowest BCUT2D eigenvalue weighted by Gasteiger charge is -2.37. The van der Waals surface area contributed by atoms with Crippen LogP contribution in [-0.2, 0) is 7.05 Å². The van der Waals surface area contributed by atoms with Crippen molar-refractivity contribution < 1.29 is 4.79 Å². The van der Waals surface area contributed by atoms with E-state index in [1.165, 1.54) is 0 Å². The van der Waals surface area contributed by atoms with Gasteiger partial charge in [0.2, 0.25) is 0 Å². The molecule has 2 rings (SSSR count). The van der Waals surface area contributed by atoms with Gasteiger partial charge in [0, 0.05) is 31.9 Å². The molecule has 5 heteroatoms. The Kier molecular flexibility index (Phi) is 3.71. The van der Waals surface area contributed by atoms with Crippen LogP contribution in [0.1, 0.15) is 35.8 Å². The second-order valence-electron chi connectivity index (χ2n) is 5.28. The van der Waals surface area contributed by atoms with E-state index >= 15 is 0 Å². The highest BCUT2D eigenvalue weighted by Gasteiger charge is 2.30. The van der Waals surface area contributed by atoms with Crippen LogP contribution in [0.15, 0.2) is 6.20 Å². The first kappa shape index (κ1) is 13.1. The van der Waals surface area contributed by atoms with E-state index in [0.717, 1.165) is 25.1 Å². The highest BCUT2D eigenvalue weighted by Crippen LogP contribution is 2.24. The van der Waals surface area contributed by atoms with Crippen molar-refractivity contribution in [2.75, 3.05) is 13.1 Å². The van der Waals surface area contributed by atoms with Gasteiger partial charge in [-0.3, -0.25) is 9.48 Å². The van der Waals surface area contributed by atoms with Crippen LogP contribution < -0.4 is 5.73 Å². The first-order valence-electron chi connectivity index (χ1n) is 6.54. The Bertz CT molecular complexity index is 440. The fourth-order valence-corrected chi connectivity index (χ4v) is 2.61. The summed E-state index contributed by atoms with van der Waals surface area (Å²) >= 11 is 0. The van der Waals surface area contributed by atoms with Crippen molar-refractivity contribution in [3.05, 3.63) is 17.5 Å². The molecule has 0 aliphatic carbocycles. The minimum atomic E-state index is 0.0722. The van der Waals surface area contributed by atoms with Gasteiger partial charge in [0.25, 0.3) is 5.91 Å². The molecule has 1 aromatic rings. The van der Waals surface area contributed by atoms with Gasteiger partial charge >= 0.3 is 0 Å². The van der Waals surface area contributed by atoms with Crippen LogP contribution >= 0.6 is 0 Å². The molecule has 2 N–H and O–H groups in total. The Morgan fingerprint density at radius 3 is 2.89 bits per heavy atom. The summed E-state index contributed by atoms with van der Waals surface area (Å²) in [6.45, 7) is 5.48. The predicted octanol–water partition coefficient (Wildman–Crippen LogP) is 0.928. The Labute approximate surface area is 108 Å². The van der Waals surface area contributed by atoms with Gasteiger partial charge in [-0.2, -0.15) is 5.10 Å². The maximum absolute atomic E-state index is 12.5. The number of aryl methyl sites for hydroxylation is 1. The largest absolute Gasteiger partial charge is 0.334 e. The maximum Gasteiger partial charge on any atom is 0.257 e. The van der Waals surface area contributed by atoms with Crippen molar-refractivity contribution >= 4 is 5.91 Å². The molecule has 2 atom stereocenters. The first-order valence-corrected chi connectivity index (χ1v) is 6.54. The van der Waals surface area contributed by atoms with Crippen molar-refractivity contribution in [3.8, 4) is 0 Å². The SMILES string of the molecule is Cc1c(C(=O)N2CCC(C)CC2CN)cnn1C. The van der Waals surface area contributed by atoms with Crippen LogP contribution in [-0.4, -0.2) is 39.7 Å². The van der Waals surface area contributed by atoms with Crippen LogP contribution in [0.5, 0.6) is 0 Å². The van der Waals surface area contributed by atoms with E-state index in [-0.39, 0.29) is 11.9 Å². The number of nitrogens with two attached hydrogens (primary N) is 1. The number of piperidine rings is 1. The van der Waals surface area contributed by atoms with Crippen molar-refractivity contribution in [1.29, 1.82) is 0 Å². The van der Waals surface area contributed by atoms with Crippen LogP contribution in [0.2, 0.25) is 0 Å². The molecule has 1 fully saturated rings. The smallest absolute Gasteiger partial charge is 0.257 e. The minimum Gasteiger partial charge on any atom is -0.334 e. The third-order valence-electron chi connectivity index (χ3n) is 3.98. The van der Waals surface area contributed by atoms with Gasteiger partial charge in [0.05, 0.1) is 11.8 Å². The van der Waals surface area contributed by atoms with Crippen LogP contribution in [0, 0.1) is 12.8 Å². The summed E-state index contributed by atoms with van der Waals surface area (Å²) < 4.78 is 1.73. The van der Waals surface area contributed by atoms with E-state index in [1.807, 2.05) is 18.9 Å². The van der Waals surface area contributed by atoms with Crippen molar-refractivity contribution in [2.24, 2.45) is 18.7 Å². The van der Waals surface area contributed by atoms with E-state index in [1.54, 1.807) is 10.9 Å². The average Bonchev–Trinajstić information content (AvgIpc) is 2.69. The average molecular weight is 250 g/mol. The van der Waals surface area contributed by atoms with Gasteiger partial charge in [-0.25, -0.2) is 0 Å². The van der Waals surface area contributed by atoms with Crippen molar-refractivity contribution in [1.82, 2.24) is 14.7 Å². The minimum absolute atomic E-state index is 0.0722. The van der Waals surface area contributed by atoms with E-state index < -0.39 is 0 Å². The lowest BCUT2D eigenvalue weighted by atomic mass is 9.92. The summed E-state index contributed by atoms with van der Waals surface area (Å²) in [7, 11) is 1.85. The second kappa shape index (κ2) is 5.10. The highest BCUT2D eigenvalue weighted by molar-refractivity contribution is 5.95. The fraction of sp³-hybridized carbons (Fsp3) is 0.692. The lowest BCUT2D eigenvalue weighted by Crippen LogP contribution is -2.49. The van der Waals surface area contributed by atoms with Crippen molar-refractivity contribution in [2.45, 2.75) is 32.7 Å². The molecule has 2 heterocycles. The zero-order valence-electron chi connectivity index (χ0n) is 11.4. The fourth-order valence-electron chi connectivity index (χ4n) is 2.61. The van der Waals surface area contributed by atoms with Crippen LogP contribution in [0.25, 0.3) is 0 Å². The van der Waals surface area contributed by atoms with Gasteiger partial charge in [0.1, 0.15) is 0 Å². The quantitative estimate of drug-likeness (QED) is 0.849. The molecular weight excluding hydrogens is 228 g/mol. The number of likely N-dealkylation sites (tertiary alicyclic amines) is 1. The summed E-state index contributed by atoms with van der Waals surface area (Å²) in [6.07, 6.45) is 3.71. The molecule has 5 nitrogen and oxygen atoms in total. The molecular formula is C13H22N4O. The Morgan fingerprint density at radius 2 is 2.33 bits per heavy atom. The van der Waals surface area contributed by atoms with Crippen LogP contribution in [0.3, 0.4) is 0 Å². The summed E-state index contributed by atoms with van der Waals surface area (Å²) in [5.41, 5.74) is 7.41. The number of carbonyl (C=O) groups is 1. The molecule has 1 aliphatic heterocycles. The number of carbonyl (C=O) groups excluding carboxylic acids is 1. The van der Waals surface area contributed by atoms with Gasteiger partial charge in [-0.05, 0) is 25.7 Å². The normalized spacial score (nSPS) is 24.3. The van der Waals surface area contributed by atoms with Gasteiger partial charge in [0.15, 0.2) is 0 Å². The number of aromatic nitrogens is 2. The monoisotopic (exact) mass is 250 g/mol. The number of hydrogen-bond donors (Lipinski definition) is 1. The van der Waals surface area contributed by atoms with Gasteiger partial charge in [-0.15, -0.1) is 0 Å². The van der Waals surface area contributed by atoms with Crippen LogP contribution in [0.4, 0.5) is 0 Å². The zero-order valence-corrected chi connectivity index (χ0v) is 11.4. The highest BCUT2D eigenvalue weighted by atomic mass is 16.2. The molecule has 0 aromatic carbocycles. The summed E-state index contributed by atoms with van der Waals surface area (Å²) in [4.78, 5) is 14.4. The topological polar surface area (TPSA) is 64.2 Å². The molecule has 0 spiro atoms. The molecule has 2 unspecified atom stereocenters. The molecule has 100 valence electrons. The molecule has 0 bridgehead atoms. The van der Waals surface area contributed by atoms with Gasteiger partial charge in [-0.1, -0.05) is 6.92 Å². The van der Waals surface area contributed by atoms with E-state index in [2.05, 4.69) is 12.0 Å². The number of nitrogens with zero attached hydrogens (tertiary/aromatic N) is 3. The standard InChI is InChI=1S/C13H22N4O/c1-9-4-5-17(11(6-9)7-14)13(18)12-8-15-16(3)10(12)2/h8-9,11H,4-7,14H2,1-3H3. The second-order valence-corrected chi connectivity index (χ2v) is 5.28. The molecule has 1 aromatic heterocycles. The molecule has 0 saturated carbocycles. The molecule has 1 amide bonds. The Hall–Kier alpha value is -1.36. The molecule has 1 aliphatic rings. The lowest BCUT2D eigenvalue weighted by molar-refractivity contribution is 0.0573. The summed E-state index contributed by atoms with van der Waals surface area (Å²) in [5.74, 6) is 0.723. The zero-order chi connectivity index (χ0) is 13.3. The van der Waals surface area contributed by atoms with Crippen molar-refractivity contribution in [3.63, 3.8) is 0 Å². The molecule has 0 radical (unpaired) electrons. The van der Waals surface area contributed by atoms with E-state index in [0.29, 0.717) is 18.0 Å². The van der Waals surface area contributed by atoms with E-state index in [9.17, 15) is 4.79 Å². The molecule has 1 saturated heterocycles. The Morgan fingerprint density at radius 1 is 1.61 bits per heavy atom. The third-order valence-corrected chi connectivity index (χ3v) is 3.98. The summed E-state index contributed by atoms with van der Waals surface area (Å²) in [6, 6.07) is 0.167. The Balaban J connectivity index is 2.20. The van der Waals surface area contributed by atoms with E-state index in [4.69, 9.17) is 5.73 Å². The predicted molar refractivity (Wildman–Crippen MR) is 70.2 cm³/mol.